The third kappa shape index (κ3) is 5.42. The molecule has 0 spiro atoms. The van der Waals surface area contributed by atoms with Crippen LogP contribution < -0.4 is 9.47 Å². The number of ether oxygens (including phenoxy) is 3. The second-order valence-electron chi connectivity index (χ2n) is 9.29. The minimum Gasteiger partial charge on any atom is -0.492 e. The highest BCUT2D eigenvalue weighted by atomic mass is 16.5. The third-order valence-electron chi connectivity index (χ3n) is 5.88. The molecule has 0 radical (unpaired) electrons. The number of carbonyl (C=O) groups is 1. The van der Waals surface area contributed by atoms with Crippen LogP contribution in [0.3, 0.4) is 0 Å². The zero-order chi connectivity index (χ0) is 24.1. The molecule has 4 rings (SSSR count). The van der Waals surface area contributed by atoms with Crippen LogP contribution in [0.2, 0.25) is 0 Å². The molecule has 0 bridgehead atoms. The molecule has 34 heavy (non-hydrogen) atoms. The Morgan fingerprint density at radius 2 is 1.62 bits per heavy atom. The Morgan fingerprint density at radius 1 is 0.882 bits per heavy atom. The van der Waals surface area contributed by atoms with Crippen molar-refractivity contribution in [1.29, 1.82) is 0 Å². The first-order chi connectivity index (χ1) is 16.3. The molecule has 0 N–H and O–H groups in total. The first kappa shape index (κ1) is 23.4. The largest absolute Gasteiger partial charge is 0.492 e. The number of benzene rings is 3. The lowest BCUT2D eigenvalue weighted by atomic mass is 9.87. The Hall–Kier alpha value is -3.73. The molecule has 0 saturated carbocycles. The van der Waals surface area contributed by atoms with Crippen LogP contribution in [-0.2, 0) is 23.3 Å². The molecule has 0 amide bonds. The van der Waals surface area contributed by atoms with Crippen LogP contribution in [0, 0.1) is 0 Å². The van der Waals surface area contributed by atoms with E-state index in [1.807, 2.05) is 42.5 Å². The molecule has 5 heteroatoms. The Kier molecular flexibility index (Phi) is 6.92. The van der Waals surface area contributed by atoms with Crippen LogP contribution >= 0.6 is 0 Å². The van der Waals surface area contributed by atoms with Crippen molar-refractivity contribution in [2.45, 2.75) is 39.3 Å². The number of aromatic nitrogens is 1. The van der Waals surface area contributed by atoms with Crippen LogP contribution in [-0.4, -0.2) is 24.3 Å². The topological polar surface area (TPSA) is 49.7 Å². The fourth-order valence-electron chi connectivity index (χ4n) is 3.89. The first-order valence-electron chi connectivity index (χ1n) is 11.5. The zero-order valence-electron chi connectivity index (χ0n) is 20.2. The summed E-state index contributed by atoms with van der Waals surface area (Å²) in [4.78, 5) is 12.0. The number of methoxy groups -OCH3 is 1. The summed E-state index contributed by atoms with van der Waals surface area (Å²) in [5, 5.41) is 1.09. The molecule has 5 nitrogen and oxygen atoms in total. The summed E-state index contributed by atoms with van der Waals surface area (Å²) in [5.41, 5.74) is 3.86. The average molecular weight is 458 g/mol. The second kappa shape index (κ2) is 10.0. The highest BCUT2D eigenvalue weighted by Crippen LogP contribution is 2.25. The number of hydrogen-bond acceptors (Lipinski definition) is 4. The van der Waals surface area contributed by atoms with E-state index in [-0.39, 0.29) is 11.4 Å². The Labute approximate surface area is 200 Å². The summed E-state index contributed by atoms with van der Waals surface area (Å²) in [6, 6.07) is 23.7. The molecule has 176 valence electrons. The van der Waals surface area contributed by atoms with Gasteiger partial charge in [-0.05, 0) is 53.4 Å². The van der Waals surface area contributed by atoms with E-state index in [1.54, 1.807) is 6.07 Å². The zero-order valence-corrected chi connectivity index (χ0v) is 20.2. The summed E-state index contributed by atoms with van der Waals surface area (Å²) in [7, 11) is 1.38. The van der Waals surface area contributed by atoms with Gasteiger partial charge < -0.3 is 18.8 Å². The van der Waals surface area contributed by atoms with Crippen molar-refractivity contribution in [1.82, 2.24) is 4.57 Å². The van der Waals surface area contributed by atoms with Gasteiger partial charge in [-0.2, -0.15) is 0 Å². The smallest absolute Gasteiger partial charge is 0.338 e. The molecule has 0 aliphatic rings. The SMILES string of the molecule is COC(=O)c1ccccc1COc1ccc2c(ccn2CCOc2ccc(C(C)(C)C)cc2)c1. The lowest BCUT2D eigenvalue weighted by Crippen LogP contribution is -2.11. The van der Waals surface area contributed by atoms with E-state index in [4.69, 9.17) is 14.2 Å². The van der Waals surface area contributed by atoms with Gasteiger partial charge in [0.15, 0.2) is 0 Å². The number of nitrogens with zero attached hydrogens (tertiary/aromatic N) is 1. The van der Waals surface area contributed by atoms with E-state index < -0.39 is 0 Å². The molecule has 0 saturated heterocycles. The van der Waals surface area contributed by atoms with Gasteiger partial charge in [-0.1, -0.05) is 51.1 Å². The van der Waals surface area contributed by atoms with Crippen LogP contribution in [0.25, 0.3) is 10.9 Å². The van der Waals surface area contributed by atoms with Crippen LogP contribution in [0.4, 0.5) is 0 Å². The maximum atomic E-state index is 12.0. The van der Waals surface area contributed by atoms with Crippen molar-refractivity contribution in [3.05, 3.63) is 95.7 Å². The number of carbonyl (C=O) groups excluding carboxylic acids is 1. The van der Waals surface area contributed by atoms with Gasteiger partial charge in [-0.25, -0.2) is 4.79 Å². The average Bonchev–Trinajstić information content (AvgIpc) is 3.24. The van der Waals surface area contributed by atoms with E-state index >= 15 is 0 Å². The fraction of sp³-hybridized carbons (Fsp3) is 0.276. The normalized spacial score (nSPS) is 11.4. The van der Waals surface area contributed by atoms with Gasteiger partial charge in [0.1, 0.15) is 24.7 Å². The Morgan fingerprint density at radius 3 is 2.35 bits per heavy atom. The van der Waals surface area contributed by atoms with E-state index in [1.165, 1.54) is 12.7 Å². The van der Waals surface area contributed by atoms with Crippen molar-refractivity contribution in [2.75, 3.05) is 13.7 Å². The van der Waals surface area contributed by atoms with Gasteiger partial charge in [-0.3, -0.25) is 0 Å². The van der Waals surface area contributed by atoms with Gasteiger partial charge >= 0.3 is 5.97 Å². The van der Waals surface area contributed by atoms with Crippen molar-refractivity contribution in [3.63, 3.8) is 0 Å². The quantitative estimate of drug-likeness (QED) is 0.288. The molecule has 0 fully saturated rings. The van der Waals surface area contributed by atoms with E-state index in [2.05, 4.69) is 55.8 Å². The second-order valence-corrected chi connectivity index (χ2v) is 9.29. The lowest BCUT2D eigenvalue weighted by molar-refractivity contribution is 0.0597. The molecule has 1 aromatic heterocycles. The van der Waals surface area contributed by atoms with Crippen molar-refractivity contribution < 1.29 is 19.0 Å². The lowest BCUT2D eigenvalue weighted by Gasteiger charge is -2.19. The number of esters is 1. The number of hydrogen-bond donors (Lipinski definition) is 0. The summed E-state index contributed by atoms with van der Waals surface area (Å²) >= 11 is 0. The van der Waals surface area contributed by atoms with E-state index in [0.717, 1.165) is 34.5 Å². The van der Waals surface area contributed by atoms with Crippen LogP contribution in [0.5, 0.6) is 11.5 Å². The Balaban J connectivity index is 1.37. The van der Waals surface area contributed by atoms with Crippen molar-refractivity contribution in [2.24, 2.45) is 0 Å². The fourth-order valence-corrected chi connectivity index (χ4v) is 3.89. The molecule has 0 atom stereocenters. The van der Waals surface area contributed by atoms with Gasteiger partial charge in [0, 0.05) is 22.7 Å². The summed E-state index contributed by atoms with van der Waals surface area (Å²) in [6.07, 6.45) is 2.06. The van der Waals surface area contributed by atoms with Crippen molar-refractivity contribution in [3.8, 4) is 11.5 Å². The molecule has 3 aromatic carbocycles. The third-order valence-corrected chi connectivity index (χ3v) is 5.88. The van der Waals surface area contributed by atoms with Crippen LogP contribution in [0.15, 0.2) is 79.0 Å². The predicted molar refractivity (Wildman–Crippen MR) is 135 cm³/mol. The maximum Gasteiger partial charge on any atom is 0.338 e. The monoisotopic (exact) mass is 457 g/mol. The minimum atomic E-state index is -0.362. The van der Waals surface area contributed by atoms with Crippen molar-refractivity contribution >= 4 is 16.9 Å². The molecule has 0 unspecified atom stereocenters. The molecule has 0 aliphatic heterocycles. The molecule has 0 aliphatic carbocycles. The van der Waals surface area contributed by atoms with E-state index in [9.17, 15) is 4.79 Å². The maximum absolute atomic E-state index is 12.0. The molecule has 4 aromatic rings. The minimum absolute atomic E-state index is 0.135. The Bertz CT molecular complexity index is 1270. The van der Waals surface area contributed by atoms with E-state index in [0.29, 0.717) is 18.8 Å². The van der Waals surface area contributed by atoms with Gasteiger partial charge in [-0.15, -0.1) is 0 Å². The molecular formula is C29H31NO4. The first-order valence-corrected chi connectivity index (χ1v) is 11.5. The molecular weight excluding hydrogens is 426 g/mol. The van der Waals surface area contributed by atoms with Crippen LogP contribution in [0.1, 0.15) is 42.3 Å². The highest BCUT2D eigenvalue weighted by molar-refractivity contribution is 5.91. The predicted octanol–water partition coefficient (Wildman–Crippen LogP) is 6.38. The summed E-state index contributed by atoms with van der Waals surface area (Å²) < 4.78 is 19.0. The van der Waals surface area contributed by atoms with Gasteiger partial charge in [0.25, 0.3) is 0 Å². The summed E-state index contributed by atoms with van der Waals surface area (Å²) in [6.45, 7) is 8.24. The van der Waals surface area contributed by atoms with Gasteiger partial charge in [0.05, 0.1) is 19.2 Å². The summed E-state index contributed by atoms with van der Waals surface area (Å²) in [5.74, 6) is 1.27. The number of fused-ring (bicyclic) bond motifs is 1. The molecule has 1 heterocycles. The number of rotatable bonds is 8. The van der Waals surface area contributed by atoms with Gasteiger partial charge in [0.2, 0.25) is 0 Å². The highest BCUT2D eigenvalue weighted by Gasteiger charge is 2.13. The standard InChI is InChI=1S/C29H31NO4/c1-29(2,3)23-9-11-24(12-10-23)33-18-17-30-16-15-21-19-25(13-14-27(21)30)34-20-22-7-5-6-8-26(22)28(31)32-4/h5-16,19H,17-18,20H2,1-4H3.